The molecule has 0 unspecified atom stereocenters. The summed E-state index contributed by atoms with van der Waals surface area (Å²) in [5.74, 6) is -3.06. The zero-order valence-corrected chi connectivity index (χ0v) is 34.0. The Labute approximate surface area is 350 Å². The third-order valence-electron chi connectivity index (χ3n) is 10.1. The van der Waals surface area contributed by atoms with Crippen LogP contribution in [0.5, 0.6) is 5.75 Å². The lowest BCUT2D eigenvalue weighted by Gasteiger charge is -2.31. The number of hydrogen-bond acceptors (Lipinski definition) is 10. The van der Waals surface area contributed by atoms with Crippen LogP contribution in [0.2, 0.25) is 0 Å². The van der Waals surface area contributed by atoms with Crippen LogP contribution in [0.3, 0.4) is 0 Å². The van der Waals surface area contributed by atoms with E-state index in [1.54, 1.807) is 63.2 Å². The normalized spacial score (nSPS) is 18.8. The first-order valence-corrected chi connectivity index (χ1v) is 20.2. The number of ether oxygens (including phenoxy) is 4. The molecule has 60 heavy (non-hydrogen) atoms. The number of benzene rings is 4. The summed E-state index contributed by atoms with van der Waals surface area (Å²) >= 11 is 0. The molecule has 0 radical (unpaired) electrons. The lowest BCUT2D eigenvalue weighted by molar-refractivity contribution is -0.157. The van der Waals surface area contributed by atoms with Gasteiger partial charge in [0.05, 0.1) is 18.2 Å². The molecule has 12 nitrogen and oxygen atoms in total. The van der Waals surface area contributed by atoms with E-state index in [2.05, 4.69) is 10.6 Å². The van der Waals surface area contributed by atoms with Crippen LogP contribution in [0.15, 0.2) is 127 Å². The van der Waals surface area contributed by atoms with E-state index in [1.165, 1.54) is 0 Å². The highest BCUT2D eigenvalue weighted by atomic mass is 16.8. The molecule has 1 aliphatic carbocycles. The first kappa shape index (κ1) is 43.5. The van der Waals surface area contributed by atoms with Gasteiger partial charge in [-0.15, -0.1) is 0 Å². The largest absolute Gasteiger partial charge is 0.508 e. The summed E-state index contributed by atoms with van der Waals surface area (Å²) < 4.78 is 25.1. The summed E-state index contributed by atoms with van der Waals surface area (Å²) in [5, 5.41) is 25.4. The monoisotopic (exact) mass is 816 g/mol. The average molecular weight is 817 g/mol. The summed E-state index contributed by atoms with van der Waals surface area (Å²) in [4.78, 5) is 52.4. The number of aromatic hydroxyl groups is 1. The maximum Gasteiger partial charge on any atom is 0.338 e. The van der Waals surface area contributed by atoms with Gasteiger partial charge in [0.15, 0.2) is 0 Å². The van der Waals surface area contributed by atoms with Gasteiger partial charge in [-0.25, -0.2) is 4.79 Å². The van der Waals surface area contributed by atoms with Gasteiger partial charge in [0.2, 0.25) is 17.6 Å². The molecular weight excluding hydrogens is 765 g/mol. The minimum Gasteiger partial charge on any atom is -0.508 e. The Kier molecular flexibility index (Phi) is 14.3. The van der Waals surface area contributed by atoms with Crippen molar-refractivity contribution in [3.05, 3.63) is 155 Å². The Hall–Kier alpha value is -6.08. The second-order valence-corrected chi connectivity index (χ2v) is 15.8. The number of carbonyl (C=O) groups is 4. The van der Waals surface area contributed by atoms with Crippen molar-refractivity contribution in [1.82, 2.24) is 10.6 Å². The molecule has 4 aromatic rings. The molecule has 4 atom stereocenters. The molecule has 314 valence electrons. The smallest absolute Gasteiger partial charge is 0.338 e. The van der Waals surface area contributed by atoms with Crippen molar-refractivity contribution < 1.29 is 48.3 Å². The van der Waals surface area contributed by atoms with Crippen LogP contribution in [0.1, 0.15) is 79.1 Å². The number of rotatable bonds is 16. The number of para-hydroxylation sites is 1. The number of nitrogens with one attached hydrogen (secondary N) is 2. The molecule has 0 aromatic heterocycles. The number of hydrogen-bond donors (Lipinski definition) is 4. The fourth-order valence-electron chi connectivity index (χ4n) is 7.13. The fraction of sp³-hybridized carbons (Fsp3) is 0.333. The predicted molar refractivity (Wildman–Crippen MR) is 224 cm³/mol. The molecule has 1 heterocycles. The minimum absolute atomic E-state index is 0.0123. The van der Waals surface area contributed by atoms with Crippen molar-refractivity contribution in [2.45, 2.75) is 88.6 Å². The lowest BCUT2D eigenvalue weighted by atomic mass is 9.91. The Morgan fingerprint density at radius 1 is 0.867 bits per heavy atom. The number of carbonyl (C=O) groups excluding carboxylic acids is 4. The van der Waals surface area contributed by atoms with E-state index in [9.17, 15) is 29.4 Å². The molecule has 4 aromatic carbocycles. The molecular formula is C48H52N2O10. The number of amides is 2. The zero-order chi connectivity index (χ0) is 42.7. The quantitative estimate of drug-likeness (QED) is 0.0943. The molecule has 1 aliphatic heterocycles. The van der Waals surface area contributed by atoms with Gasteiger partial charge in [0.25, 0.3) is 0 Å². The highest BCUT2D eigenvalue weighted by Gasteiger charge is 2.55. The number of fused-ring (bicyclic) bond motifs is 1. The number of phenolic OH excluding ortho intramolecular Hbond substituents is 1. The van der Waals surface area contributed by atoms with Gasteiger partial charge in [-0.05, 0) is 69.0 Å². The lowest BCUT2D eigenvalue weighted by Crippen LogP contribution is -2.44. The van der Waals surface area contributed by atoms with Crippen LogP contribution >= 0.6 is 0 Å². The number of aliphatic hydroxyl groups is 1. The highest BCUT2D eigenvalue weighted by molar-refractivity contribution is 5.94. The van der Waals surface area contributed by atoms with Gasteiger partial charge in [-0.3, -0.25) is 14.4 Å². The van der Waals surface area contributed by atoms with E-state index in [1.807, 2.05) is 84.9 Å². The van der Waals surface area contributed by atoms with E-state index in [-0.39, 0.29) is 44.6 Å². The van der Waals surface area contributed by atoms with Gasteiger partial charge < -0.3 is 39.8 Å². The molecule has 2 aliphatic rings. The van der Waals surface area contributed by atoms with E-state index in [4.69, 9.17) is 18.9 Å². The molecule has 1 saturated heterocycles. The maximum absolute atomic E-state index is 13.8. The summed E-state index contributed by atoms with van der Waals surface area (Å²) in [6.45, 7) is 4.90. The Morgan fingerprint density at radius 2 is 1.52 bits per heavy atom. The van der Waals surface area contributed by atoms with Crippen LogP contribution in [0.25, 0.3) is 6.08 Å². The number of phenols is 1. The van der Waals surface area contributed by atoms with Gasteiger partial charge in [0.1, 0.15) is 29.7 Å². The van der Waals surface area contributed by atoms with Crippen molar-refractivity contribution >= 4 is 29.8 Å². The second-order valence-electron chi connectivity index (χ2n) is 15.8. The molecule has 0 saturated carbocycles. The Morgan fingerprint density at radius 3 is 2.15 bits per heavy atom. The molecule has 6 rings (SSSR count). The maximum atomic E-state index is 13.8. The molecule has 1 fully saturated rings. The number of aliphatic hydroxyl groups excluding tert-OH is 1. The van der Waals surface area contributed by atoms with Crippen molar-refractivity contribution in [3.8, 4) is 5.75 Å². The summed E-state index contributed by atoms with van der Waals surface area (Å²) in [5.41, 5.74) is 3.05. The molecule has 12 heteroatoms. The van der Waals surface area contributed by atoms with Gasteiger partial charge >= 0.3 is 11.9 Å². The van der Waals surface area contributed by atoms with Crippen molar-refractivity contribution in [3.63, 3.8) is 0 Å². The van der Waals surface area contributed by atoms with Crippen LogP contribution in [0, 0.1) is 0 Å². The topological polar surface area (TPSA) is 170 Å². The second kappa shape index (κ2) is 19.8. The third kappa shape index (κ3) is 11.3. The fourth-order valence-corrected chi connectivity index (χ4v) is 7.13. The summed E-state index contributed by atoms with van der Waals surface area (Å²) in [6, 6.07) is 32.3. The number of allylic oxidation sites excluding steroid dienone is 1. The Balaban J connectivity index is 1.15. The molecule has 0 bridgehead atoms. The first-order chi connectivity index (χ1) is 28.8. The molecule has 0 spiro atoms. The van der Waals surface area contributed by atoms with Crippen LogP contribution < -0.4 is 10.6 Å². The standard InChI is InChI=1S/C48H52N2O10/c1-47(2,3)59-43(54)26-25-38(31-51)50-42(53)27-28-49-45(55)35-29-40(57-46(56)34-23-21-32(22-24-34)13-12-15-33-14-10-11-20-39(33)52)44-41(30-35)58-48(60-44,36-16-6-4-7-17-36)37-18-8-5-9-19-37/h4-14,16-24,30,38,40-41,44,51-52H,15,25-29,31H2,1-3H3,(H,49,55)(H,50,53)/t38-,40+,41+,44-/m0/s1. The van der Waals surface area contributed by atoms with Crippen molar-refractivity contribution in [2.24, 2.45) is 0 Å². The van der Waals surface area contributed by atoms with Gasteiger partial charge in [0, 0.05) is 42.5 Å². The highest BCUT2D eigenvalue weighted by Crippen LogP contribution is 2.47. The van der Waals surface area contributed by atoms with Crippen LogP contribution in [0.4, 0.5) is 0 Å². The molecule has 4 N–H and O–H groups in total. The first-order valence-electron chi connectivity index (χ1n) is 20.2. The average Bonchev–Trinajstić information content (AvgIpc) is 3.65. The molecule has 2 amide bonds. The van der Waals surface area contributed by atoms with E-state index in [0.717, 1.165) is 22.3 Å². The van der Waals surface area contributed by atoms with E-state index < -0.39 is 59.5 Å². The predicted octanol–water partition coefficient (Wildman–Crippen LogP) is 6.29. The SMILES string of the molecule is CC(C)(C)OC(=O)CC[C@@H](CO)NC(=O)CCNC(=O)C1=C[C@H]2OC(c3ccccc3)(c3ccccc3)O[C@H]2[C@H](OC(=O)c2ccc(C=CCc3ccccc3O)cc2)C1. The van der Waals surface area contributed by atoms with Gasteiger partial charge in [-0.1, -0.05) is 103 Å². The van der Waals surface area contributed by atoms with Crippen molar-refractivity contribution in [1.29, 1.82) is 0 Å². The minimum atomic E-state index is -1.37. The summed E-state index contributed by atoms with van der Waals surface area (Å²) in [7, 11) is 0. The number of esters is 2. The summed E-state index contributed by atoms with van der Waals surface area (Å²) in [6.07, 6.45) is 3.68. The Bertz CT molecular complexity index is 2120. The van der Waals surface area contributed by atoms with Crippen molar-refractivity contribution in [2.75, 3.05) is 13.2 Å². The van der Waals surface area contributed by atoms with E-state index in [0.29, 0.717) is 17.6 Å². The van der Waals surface area contributed by atoms with Crippen LogP contribution in [-0.2, 0) is 45.5 Å². The third-order valence-corrected chi connectivity index (χ3v) is 10.1. The zero-order valence-electron chi connectivity index (χ0n) is 34.0. The van der Waals surface area contributed by atoms with Crippen LogP contribution in [-0.4, -0.2) is 77.1 Å². The van der Waals surface area contributed by atoms with Gasteiger partial charge in [-0.2, -0.15) is 0 Å². The van der Waals surface area contributed by atoms with E-state index >= 15 is 0 Å².